The third-order valence-electron chi connectivity index (χ3n) is 5.88. The van der Waals surface area contributed by atoms with Crippen molar-refractivity contribution in [2.45, 2.75) is 44.7 Å². The van der Waals surface area contributed by atoms with Gasteiger partial charge in [-0.15, -0.1) is 0 Å². The molecule has 0 saturated carbocycles. The molecule has 0 radical (unpaired) electrons. The number of rotatable bonds is 3. The van der Waals surface area contributed by atoms with Crippen LogP contribution in [0.15, 0.2) is 42.6 Å². The number of methoxy groups -OCH3 is 1. The molecule has 2 aromatic rings. The second-order valence-electron chi connectivity index (χ2n) is 7.12. The first-order chi connectivity index (χ1) is 11.8. The highest BCUT2D eigenvalue weighted by Crippen LogP contribution is 2.46. The Kier molecular flexibility index (Phi) is 4.28. The maximum Gasteiger partial charge on any atom is 0.118 e. The van der Waals surface area contributed by atoms with Crippen molar-refractivity contribution in [1.82, 2.24) is 9.88 Å². The number of piperidine rings is 1. The molecule has 3 nitrogen and oxygen atoms in total. The molecule has 1 saturated heterocycles. The molecule has 2 unspecified atom stereocenters. The number of ether oxygens (including phenoxy) is 1. The smallest absolute Gasteiger partial charge is 0.118 e. The number of hydrogen-bond acceptors (Lipinski definition) is 3. The van der Waals surface area contributed by atoms with Gasteiger partial charge in [-0.2, -0.15) is 0 Å². The minimum atomic E-state index is 0.400. The van der Waals surface area contributed by atoms with Crippen LogP contribution in [0.25, 0.3) is 0 Å². The highest BCUT2D eigenvalue weighted by molar-refractivity contribution is 5.31. The van der Waals surface area contributed by atoms with Gasteiger partial charge in [-0.05, 0) is 74.4 Å². The van der Waals surface area contributed by atoms with E-state index < -0.39 is 0 Å². The minimum Gasteiger partial charge on any atom is -0.497 e. The van der Waals surface area contributed by atoms with Crippen LogP contribution in [0, 0.1) is 5.92 Å². The summed E-state index contributed by atoms with van der Waals surface area (Å²) in [5.74, 6) is 1.67. The van der Waals surface area contributed by atoms with E-state index in [1.807, 2.05) is 6.20 Å². The van der Waals surface area contributed by atoms with E-state index in [4.69, 9.17) is 9.72 Å². The SMILES string of the molecule is COc1ccc([C@H](C)N2CCCC3CCc4cccnc4C32)cc1. The molecule has 3 heteroatoms. The zero-order valence-electron chi connectivity index (χ0n) is 14.6. The van der Waals surface area contributed by atoms with Crippen LogP contribution in [0.1, 0.15) is 55.1 Å². The second kappa shape index (κ2) is 6.56. The predicted molar refractivity (Wildman–Crippen MR) is 96.1 cm³/mol. The fraction of sp³-hybridized carbons (Fsp3) is 0.476. The molecule has 0 N–H and O–H groups in total. The van der Waals surface area contributed by atoms with Crippen molar-refractivity contribution in [3.05, 3.63) is 59.4 Å². The highest BCUT2D eigenvalue weighted by atomic mass is 16.5. The summed E-state index contributed by atoms with van der Waals surface area (Å²) in [4.78, 5) is 7.48. The molecular formula is C21H26N2O. The first-order valence-corrected chi connectivity index (χ1v) is 9.11. The Morgan fingerprint density at radius 2 is 2.00 bits per heavy atom. The maximum absolute atomic E-state index is 5.30. The third kappa shape index (κ3) is 2.71. The molecule has 1 aromatic carbocycles. The normalized spacial score (nSPS) is 24.8. The minimum absolute atomic E-state index is 0.400. The van der Waals surface area contributed by atoms with Crippen molar-refractivity contribution in [2.24, 2.45) is 5.92 Å². The molecule has 0 spiro atoms. The van der Waals surface area contributed by atoms with Crippen molar-refractivity contribution in [1.29, 1.82) is 0 Å². The van der Waals surface area contributed by atoms with Gasteiger partial charge in [-0.3, -0.25) is 9.88 Å². The molecule has 1 aromatic heterocycles. The Hall–Kier alpha value is -1.87. The number of fused-ring (bicyclic) bond motifs is 3. The lowest BCUT2D eigenvalue weighted by atomic mass is 9.76. The molecular weight excluding hydrogens is 296 g/mol. The molecule has 4 rings (SSSR count). The van der Waals surface area contributed by atoms with Crippen LogP contribution >= 0.6 is 0 Å². The fourth-order valence-corrected chi connectivity index (χ4v) is 4.56. The van der Waals surface area contributed by atoms with Crippen molar-refractivity contribution in [2.75, 3.05) is 13.7 Å². The number of likely N-dealkylation sites (tertiary alicyclic amines) is 1. The number of hydrogen-bond donors (Lipinski definition) is 0. The molecule has 1 aliphatic carbocycles. The third-order valence-corrected chi connectivity index (χ3v) is 5.88. The van der Waals surface area contributed by atoms with Crippen LogP contribution in [-0.4, -0.2) is 23.5 Å². The van der Waals surface area contributed by atoms with E-state index in [2.05, 4.69) is 48.2 Å². The van der Waals surface area contributed by atoms with Crippen LogP contribution in [0.3, 0.4) is 0 Å². The van der Waals surface area contributed by atoms with Crippen LogP contribution in [0.2, 0.25) is 0 Å². The molecule has 126 valence electrons. The van der Waals surface area contributed by atoms with Gasteiger partial charge < -0.3 is 4.74 Å². The summed E-state index contributed by atoms with van der Waals surface area (Å²) in [6.07, 6.45) is 7.09. The van der Waals surface area contributed by atoms with E-state index in [1.165, 1.54) is 42.5 Å². The maximum atomic E-state index is 5.30. The topological polar surface area (TPSA) is 25.4 Å². The zero-order chi connectivity index (χ0) is 16.5. The van der Waals surface area contributed by atoms with Crippen LogP contribution in [0.5, 0.6) is 5.75 Å². The summed E-state index contributed by atoms with van der Waals surface area (Å²) < 4.78 is 5.30. The average molecular weight is 322 g/mol. The Labute approximate surface area is 144 Å². The predicted octanol–water partition coefficient (Wildman–Crippen LogP) is 4.55. The molecule has 2 heterocycles. The monoisotopic (exact) mass is 322 g/mol. The highest BCUT2D eigenvalue weighted by Gasteiger charge is 2.39. The van der Waals surface area contributed by atoms with Gasteiger partial charge in [0.15, 0.2) is 0 Å². The van der Waals surface area contributed by atoms with Crippen LogP contribution < -0.4 is 4.74 Å². The van der Waals surface area contributed by atoms with Gasteiger partial charge in [-0.1, -0.05) is 18.2 Å². The summed E-state index contributed by atoms with van der Waals surface area (Å²) in [6, 6.07) is 13.8. The van der Waals surface area contributed by atoms with Crippen LogP contribution in [0.4, 0.5) is 0 Å². The Morgan fingerprint density at radius 3 is 2.79 bits per heavy atom. The lowest BCUT2D eigenvalue weighted by Gasteiger charge is -2.47. The molecule has 2 aliphatic rings. The Morgan fingerprint density at radius 1 is 1.17 bits per heavy atom. The van der Waals surface area contributed by atoms with Crippen LogP contribution in [-0.2, 0) is 6.42 Å². The van der Waals surface area contributed by atoms with Gasteiger partial charge in [-0.25, -0.2) is 0 Å². The lowest BCUT2D eigenvalue weighted by Crippen LogP contribution is -2.43. The molecule has 1 aliphatic heterocycles. The van der Waals surface area contributed by atoms with Gasteiger partial charge in [0.25, 0.3) is 0 Å². The summed E-state index contributed by atoms with van der Waals surface area (Å²) >= 11 is 0. The van der Waals surface area contributed by atoms with E-state index in [0.29, 0.717) is 12.1 Å². The molecule has 0 amide bonds. The summed E-state index contributed by atoms with van der Waals surface area (Å²) in [5, 5.41) is 0. The van der Waals surface area contributed by atoms with Gasteiger partial charge in [0.05, 0.1) is 18.8 Å². The van der Waals surface area contributed by atoms with E-state index in [0.717, 1.165) is 18.2 Å². The number of aryl methyl sites for hydroxylation is 1. The van der Waals surface area contributed by atoms with Crippen molar-refractivity contribution in [3.63, 3.8) is 0 Å². The van der Waals surface area contributed by atoms with Gasteiger partial charge in [0, 0.05) is 12.2 Å². The first-order valence-electron chi connectivity index (χ1n) is 9.11. The van der Waals surface area contributed by atoms with E-state index in [-0.39, 0.29) is 0 Å². The fourth-order valence-electron chi connectivity index (χ4n) is 4.56. The van der Waals surface area contributed by atoms with E-state index >= 15 is 0 Å². The van der Waals surface area contributed by atoms with Crippen molar-refractivity contribution in [3.8, 4) is 5.75 Å². The molecule has 3 atom stereocenters. The molecule has 0 bridgehead atoms. The summed E-state index contributed by atoms with van der Waals surface area (Å²) in [5.41, 5.74) is 4.14. The van der Waals surface area contributed by atoms with Gasteiger partial charge in [0.2, 0.25) is 0 Å². The second-order valence-corrected chi connectivity index (χ2v) is 7.12. The number of aromatic nitrogens is 1. The molecule has 24 heavy (non-hydrogen) atoms. The standard InChI is InChI=1S/C21H26N2O/c1-15(16-9-11-19(24-2)12-10-16)23-14-4-6-18-8-7-17-5-3-13-22-20(17)21(18)23/h3,5,9-13,15,18,21H,4,6-8,14H2,1-2H3/t15-,18?,21?/m0/s1. The van der Waals surface area contributed by atoms with Gasteiger partial charge in [0.1, 0.15) is 5.75 Å². The van der Waals surface area contributed by atoms with Crippen molar-refractivity contribution < 1.29 is 4.74 Å². The quantitative estimate of drug-likeness (QED) is 0.829. The van der Waals surface area contributed by atoms with Crippen molar-refractivity contribution >= 4 is 0 Å². The van der Waals surface area contributed by atoms with E-state index in [1.54, 1.807) is 7.11 Å². The summed E-state index contributed by atoms with van der Waals surface area (Å²) in [6.45, 7) is 3.49. The lowest BCUT2D eigenvalue weighted by molar-refractivity contribution is 0.0430. The number of pyridine rings is 1. The Bertz CT molecular complexity index is 697. The number of nitrogens with zero attached hydrogens (tertiary/aromatic N) is 2. The average Bonchev–Trinajstić information content (AvgIpc) is 2.67. The molecule has 1 fully saturated rings. The van der Waals surface area contributed by atoms with E-state index in [9.17, 15) is 0 Å². The zero-order valence-corrected chi connectivity index (χ0v) is 14.6. The number of benzene rings is 1. The first kappa shape index (κ1) is 15.6. The largest absolute Gasteiger partial charge is 0.497 e. The van der Waals surface area contributed by atoms with Gasteiger partial charge >= 0.3 is 0 Å². The summed E-state index contributed by atoms with van der Waals surface area (Å²) in [7, 11) is 1.72. The Balaban J connectivity index is 1.66.